The Morgan fingerprint density at radius 1 is 1.07 bits per heavy atom. The number of nitro benzene ring substituents is 2. The molecule has 11 heteroatoms. The lowest BCUT2D eigenvalue weighted by molar-refractivity contribution is -0.394. The summed E-state index contributed by atoms with van der Waals surface area (Å²) in [6.45, 7) is 1.84. The summed E-state index contributed by atoms with van der Waals surface area (Å²) < 4.78 is 5.12. The summed E-state index contributed by atoms with van der Waals surface area (Å²) in [6, 6.07) is 9.99. The number of carbonyl (C=O) groups is 1. The first kappa shape index (κ1) is 19.9. The lowest BCUT2D eigenvalue weighted by atomic mass is 10.1. The van der Waals surface area contributed by atoms with Crippen LogP contribution in [-0.4, -0.2) is 27.8 Å². The molecule has 3 aromatic rings. The van der Waals surface area contributed by atoms with Gasteiger partial charge in [-0.2, -0.15) is 0 Å². The topological polar surface area (TPSA) is 138 Å². The number of methoxy groups -OCH3 is 1. The molecule has 148 valence electrons. The maximum absolute atomic E-state index is 12.5. The van der Waals surface area contributed by atoms with Crippen LogP contribution in [0.15, 0.2) is 42.5 Å². The Morgan fingerprint density at radius 3 is 2.17 bits per heavy atom. The van der Waals surface area contributed by atoms with Crippen LogP contribution >= 0.6 is 11.3 Å². The fraction of sp³-hybridized carbons (Fsp3) is 0.111. The number of nitro groups is 2. The van der Waals surface area contributed by atoms with Crippen molar-refractivity contribution in [1.82, 2.24) is 4.98 Å². The van der Waals surface area contributed by atoms with Gasteiger partial charge in [0, 0.05) is 22.6 Å². The molecule has 0 spiro atoms. The van der Waals surface area contributed by atoms with Crippen LogP contribution in [0.5, 0.6) is 5.75 Å². The number of hydrogen-bond donors (Lipinski definition) is 1. The molecule has 29 heavy (non-hydrogen) atoms. The average molecular weight is 414 g/mol. The largest absolute Gasteiger partial charge is 0.497 e. The van der Waals surface area contributed by atoms with E-state index in [0.717, 1.165) is 28.6 Å². The van der Waals surface area contributed by atoms with Gasteiger partial charge in [-0.25, -0.2) is 4.98 Å². The van der Waals surface area contributed by atoms with Crippen LogP contribution in [0.4, 0.5) is 16.5 Å². The molecule has 1 N–H and O–H groups in total. The molecule has 0 aliphatic heterocycles. The molecule has 0 atom stereocenters. The third kappa shape index (κ3) is 4.35. The number of ether oxygens (including phenoxy) is 1. The van der Waals surface area contributed by atoms with E-state index < -0.39 is 27.1 Å². The van der Waals surface area contributed by atoms with Crippen LogP contribution in [0.2, 0.25) is 0 Å². The highest BCUT2D eigenvalue weighted by Crippen LogP contribution is 2.32. The second-order valence-electron chi connectivity index (χ2n) is 5.86. The predicted molar refractivity (Wildman–Crippen MR) is 107 cm³/mol. The number of non-ortho nitro benzene ring substituents is 2. The fourth-order valence-electron chi connectivity index (χ4n) is 2.57. The van der Waals surface area contributed by atoms with Crippen molar-refractivity contribution in [2.75, 3.05) is 12.4 Å². The lowest BCUT2D eigenvalue weighted by Gasteiger charge is -2.03. The van der Waals surface area contributed by atoms with Gasteiger partial charge < -0.3 is 4.74 Å². The third-order valence-corrected chi connectivity index (χ3v) is 4.85. The third-order valence-electron chi connectivity index (χ3n) is 3.97. The highest BCUT2D eigenvalue weighted by atomic mass is 32.1. The number of amides is 1. The SMILES string of the molecule is COc1ccc(-c2nc(NC(=O)c3cc([N+](=O)[O-])cc([N+](=O)[O-])c3)sc2C)cc1. The van der Waals surface area contributed by atoms with E-state index in [-0.39, 0.29) is 10.7 Å². The minimum Gasteiger partial charge on any atom is -0.497 e. The van der Waals surface area contributed by atoms with Crippen molar-refractivity contribution in [3.8, 4) is 17.0 Å². The summed E-state index contributed by atoms with van der Waals surface area (Å²) in [4.78, 5) is 38.1. The molecule has 0 fully saturated rings. The summed E-state index contributed by atoms with van der Waals surface area (Å²) in [6.07, 6.45) is 0. The van der Waals surface area contributed by atoms with Crippen LogP contribution in [0.25, 0.3) is 11.3 Å². The van der Waals surface area contributed by atoms with E-state index in [9.17, 15) is 25.0 Å². The number of benzene rings is 2. The predicted octanol–water partition coefficient (Wildman–Crippen LogP) is 4.20. The summed E-state index contributed by atoms with van der Waals surface area (Å²) >= 11 is 1.22. The molecule has 0 aliphatic carbocycles. The standard InChI is InChI=1S/C18H14N4O6S/c1-10-16(11-3-5-15(28-2)6-4-11)19-18(29-10)20-17(23)12-7-13(21(24)25)9-14(8-12)22(26)27/h3-9H,1-2H3,(H,19,20,23). The van der Waals surface area contributed by atoms with Crippen molar-refractivity contribution >= 4 is 33.8 Å². The Morgan fingerprint density at radius 2 is 1.66 bits per heavy atom. The van der Waals surface area contributed by atoms with E-state index in [0.29, 0.717) is 11.4 Å². The number of aromatic nitrogens is 1. The number of hydrogen-bond acceptors (Lipinski definition) is 8. The molecular weight excluding hydrogens is 400 g/mol. The number of aryl methyl sites for hydroxylation is 1. The van der Waals surface area contributed by atoms with Gasteiger partial charge in [0.1, 0.15) is 5.75 Å². The number of nitrogens with one attached hydrogen (secondary N) is 1. The Bertz CT molecular complexity index is 1080. The zero-order chi connectivity index (χ0) is 21.1. The van der Waals surface area contributed by atoms with E-state index in [1.54, 1.807) is 19.2 Å². The molecule has 1 aromatic heterocycles. The van der Waals surface area contributed by atoms with Crippen LogP contribution < -0.4 is 10.1 Å². The Hall–Kier alpha value is -3.86. The Kier molecular flexibility index (Phi) is 5.50. The molecule has 0 radical (unpaired) electrons. The number of thiazole rings is 1. The van der Waals surface area contributed by atoms with Gasteiger partial charge >= 0.3 is 0 Å². The van der Waals surface area contributed by atoms with Gasteiger partial charge in [0.05, 0.1) is 34.3 Å². The first-order valence-electron chi connectivity index (χ1n) is 8.15. The van der Waals surface area contributed by atoms with Gasteiger partial charge in [0.15, 0.2) is 5.13 Å². The number of carbonyl (C=O) groups excluding carboxylic acids is 1. The lowest BCUT2D eigenvalue weighted by Crippen LogP contribution is -2.12. The van der Waals surface area contributed by atoms with Crippen LogP contribution in [0.3, 0.4) is 0 Å². The maximum Gasteiger partial charge on any atom is 0.277 e. The van der Waals surface area contributed by atoms with Crippen LogP contribution in [0.1, 0.15) is 15.2 Å². The molecule has 2 aromatic carbocycles. The minimum atomic E-state index is -0.793. The van der Waals surface area contributed by atoms with Gasteiger partial charge in [-0.05, 0) is 31.2 Å². The summed E-state index contributed by atoms with van der Waals surface area (Å²) in [5, 5.41) is 24.8. The fourth-order valence-corrected chi connectivity index (χ4v) is 3.40. The van der Waals surface area contributed by atoms with Crippen molar-refractivity contribution in [3.63, 3.8) is 0 Å². The van der Waals surface area contributed by atoms with Crippen molar-refractivity contribution in [2.24, 2.45) is 0 Å². The molecular formula is C18H14N4O6S. The Labute approximate surface area is 168 Å². The van der Waals surface area contributed by atoms with E-state index in [4.69, 9.17) is 4.74 Å². The van der Waals surface area contributed by atoms with E-state index >= 15 is 0 Å². The van der Waals surface area contributed by atoms with Gasteiger partial charge in [0.2, 0.25) is 0 Å². The summed E-state index contributed by atoms with van der Waals surface area (Å²) in [5.41, 5.74) is 0.200. The monoisotopic (exact) mass is 414 g/mol. The number of anilines is 1. The van der Waals surface area contributed by atoms with Gasteiger partial charge in [-0.15, -0.1) is 11.3 Å². The highest BCUT2D eigenvalue weighted by molar-refractivity contribution is 7.16. The molecule has 0 bridgehead atoms. The molecule has 3 rings (SSSR count). The Balaban J connectivity index is 1.88. The molecule has 1 amide bonds. The zero-order valence-corrected chi connectivity index (χ0v) is 16.1. The van der Waals surface area contributed by atoms with Crippen molar-refractivity contribution in [2.45, 2.75) is 6.92 Å². The normalized spacial score (nSPS) is 10.4. The van der Waals surface area contributed by atoms with Gasteiger partial charge in [-0.3, -0.25) is 30.3 Å². The average Bonchev–Trinajstić information content (AvgIpc) is 3.07. The second kappa shape index (κ2) is 8.02. The summed E-state index contributed by atoms with van der Waals surface area (Å²) in [5.74, 6) is -0.0331. The quantitative estimate of drug-likeness (QED) is 0.471. The molecule has 0 saturated carbocycles. The van der Waals surface area contributed by atoms with Crippen LogP contribution in [-0.2, 0) is 0 Å². The molecule has 0 unspecified atom stereocenters. The summed E-state index contributed by atoms with van der Waals surface area (Å²) in [7, 11) is 1.56. The van der Waals surface area contributed by atoms with Crippen molar-refractivity contribution in [1.29, 1.82) is 0 Å². The maximum atomic E-state index is 12.5. The van der Waals surface area contributed by atoms with Gasteiger partial charge in [-0.1, -0.05) is 0 Å². The number of rotatable bonds is 6. The minimum absolute atomic E-state index is 0.204. The smallest absolute Gasteiger partial charge is 0.277 e. The van der Waals surface area contributed by atoms with Crippen LogP contribution in [0, 0.1) is 27.2 Å². The zero-order valence-electron chi connectivity index (χ0n) is 15.2. The molecule has 10 nitrogen and oxygen atoms in total. The first-order valence-corrected chi connectivity index (χ1v) is 8.97. The second-order valence-corrected chi connectivity index (χ2v) is 7.06. The molecule has 0 saturated heterocycles. The van der Waals surface area contributed by atoms with E-state index in [2.05, 4.69) is 10.3 Å². The van der Waals surface area contributed by atoms with E-state index in [1.807, 2.05) is 19.1 Å². The first-order chi connectivity index (χ1) is 13.8. The van der Waals surface area contributed by atoms with Gasteiger partial charge in [0.25, 0.3) is 17.3 Å². The molecule has 0 aliphatic rings. The van der Waals surface area contributed by atoms with Crippen molar-refractivity contribution in [3.05, 3.63) is 73.1 Å². The van der Waals surface area contributed by atoms with Crippen molar-refractivity contribution < 1.29 is 19.4 Å². The number of nitrogens with zero attached hydrogens (tertiary/aromatic N) is 3. The van der Waals surface area contributed by atoms with E-state index in [1.165, 1.54) is 11.3 Å². The molecule has 1 heterocycles. The highest BCUT2D eigenvalue weighted by Gasteiger charge is 2.21.